The zero-order valence-corrected chi connectivity index (χ0v) is 16.6. The maximum Gasteiger partial charge on any atom is 0.119 e. The first-order chi connectivity index (χ1) is 11.8. The van der Waals surface area contributed by atoms with Gasteiger partial charge in [-0.25, -0.2) is 0 Å². The van der Waals surface area contributed by atoms with Crippen molar-refractivity contribution in [2.45, 2.75) is 66.0 Å². The first kappa shape index (κ1) is 19.5. The summed E-state index contributed by atoms with van der Waals surface area (Å²) in [6.45, 7) is 14.3. The molecule has 0 aliphatic rings. The van der Waals surface area contributed by atoms with Crippen LogP contribution in [0.25, 0.3) is 0 Å². The van der Waals surface area contributed by atoms with E-state index in [0.29, 0.717) is 17.8 Å². The molecule has 0 saturated heterocycles. The predicted octanol–water partition coefficient (Wildman–Crippen LogP) is 5.65. The molecule has 2 heteroatoms. The summed E-state index contributed by atoms with van der Waals surface area (Å²) in [6.07, 6.45) is 0.997. The molecule has 2 aromatic carbocycles. The lowest BCUT2D eigenvalue weighted by molar-refractivity contribution is 0.170. The van der Waals surface area contributed by atoms with E-state index in [9.17, 15) is 5.11 Å². The van der Waals surface area contributed by atoms with Crippen LogP contribution in [0.4, 0.5) is 0 Å². The minimum Gasteiger partial charge on any atom is -0.508 e. The summed E-state index contributed by atoms with van der Waals surface area (Å²) in [5.74, 6) is 0.609. The lowest BCUT2D eigenvalue weighted by Gasteiger charge is -2.32. The molecule has 136 valence electrons. The monoisotopic (exact) mass is 339 g/mol. The summed E-state index contributed by atoms with van der Waals surface area (Å²) < 4.78 is 0. The van der Waals surface area contributed by atoms with Crippen LogP contribution in [0.15, 0.2) is 42.5 Å². The molecule has 0 fully saturated rings. The smallest absolute Gasteiger partial charge is 0.119 e. The highest BCUT2D eigenvalue weighted by Gasteiger charge is 2.21. The maximum absolute atomic E-state index is 10.5. The van der Waals surface area contributed by atoms with E-state index >= 15 is 0 Å². The fourth-order valence-electron chi connectivity index (χ4n) is 3.73. The summed E-state index contributed by atoms with van der Waals surface area (Å²) >= 11 is 0. The Morgan fingerprint density at radius 3 is 2.12 bits per heavy atom. The standard InChI is InChI=1S/C23H33NO/c1-16(2)24(17(3)4)13-12-21(20-9-7-8-18(5)14-20)22-15-19(6)10-11-23(22)25/h7-11,14-17,21,25H,12-13H2,1-6H3. The van der Waals surface area contributed by atoms with Gasteiger partial charge in [0.25, 0.3) is 0 Å². The van der Waals surface area contributed by atoms with E-state index in [1.807, 2.05) is 12.1 Å². The molecular formula is C23H33NO. The van der Waals surface area contributed by atoms with Gasteiger partial charge in [0.2, 0.25) is 0 Å². The summed E-state index contributed by atoms with van der Waals surface area (Å²) in [6, 6.07) is 15.7. The van der Waals surface area contributed by atoms with Gasteiger partial charge in [0.15, 0.2) is 0 Å². The van der Waals surface area contributed by atoms with Gasteiger partial charge in [-0.05, 0) is 66.1 Å². The van der Waals surface area contributed by atoms with E-state index < -0.39 is 0 Å². The van der Waals surface area contributed by atoms with Gasteiger partial charge >= 0.3 is 0 Å². The summed E-state index contributed by atoms with van der Waals surface area (Å²) in [7, 11) is 0. The lowest BCUT2D eigenvalue weighted by atomic mass is 9.86. The molecule has 0 radical (unpaired) electrons. The van der Waals surface area contributed by atoms with Crippen LogP contribution in [-0.4, -0.2) is 28.6 Å². The van der Waals surface area contributed by atoms with Crippen LogP contribution in [-0.2, 0) is 0 Å². The zero-order chi connectivity index (χ0) is 18.6. The van der Waals surface area contributed by atoms with Gasteiger partial charge in [-0.1, -0.05) is 47.5 Å². The number of rotatable bonds is 7. The van der Waals surface area contributed by atoms with Crippen molar-refractivity contribution < 1.29 is 5.11 Å². The Hall–Kier alpha value is -1.80. The summed E-state index contributed by atoms with van der Waals surface area (Å²) in [4.78, 5) is 2.52. The van der Waals surface area contributed by atoms with Crippen molar-refractivity contribution in [2.24, 2.45) is 0 Å². The number of hydrogen-bond donors (Lipinski definition) is 1. The van der Waals surface area contributed by atoms with Gasteiger partial charge in [0, 0.05) is 23.6 Å². The third-order valence-electron chi connectivity index (χ3n) is 5.01. The van der Waals surface area contributed by atoms with Gasteiger partial charge in [0.05, 0.1) is 0 Å². The Kier molecular flexibility index (Phi) is 6.66. The Labute approximate surface area is 153 Å². The van der Waals surface area contributed by atoms with Gasteiger partial charge in [-0.15, -0.1) is 0 Å². The highest BCUT2D eigenvalue weighted by atomic mass is 16.3. The molecule has 0 aromatic heterocycles. The van der Waals surface area contributed by atoms with E-state index in [4.69, 9.17) is 0 Å². The summed E-state index contributed by atoms with van der Waals surface area (Å²) in [5, 5.41) is 10.5. The average molecular weight is 340 g/mol. The molecule has 2 aromatic rings. The Morgan fingerprint density at radius 1 is 0.880 bits per heavy atom. The van der Waals surface area contributed by atoms with E-state index in [1.54, 1.807) is 0 Å². The number of aromatic hydroxyl groups is 1. The van der Waals surface area contributed by atoms with Crippen LogP contribution < -0.4 is 0 Å². The van der Waals surface area contributed by atoms with Gasteiger partial charge in [-0.2, -0.15) is 0 Å². The first-order valence-electron chi connectivity index (χ1n) is 9.41. The van der Waals surface area contributed by atoms with E-state index in [1.165, 1.54) is 16.7 Å². The average Bonchev–Trinajstić information content (AvgIpc) is 2.53. The number of phenolic OH excluding ortho intramolecular Hbond substituents is 1. The van der Waals surface area contributed by atoms with E-state index in [-0.39, 0.29) is 5.92 Å². The van der Waals surface area contributed by atoms with Crippen LogP contribution in [0.2, 0.25) is 0 Å². The van der Waals surface area contributed by atoms with Crippen LogP contribution in [0.1, 0.15) is 62.3 Å². The highest BCUT2D eigenvalue weighted by Crippen LogP contribution is 2.35. The molecule has 0 aliphatic heterocycles. The fraction of sp³-hybridized carbons (Fsp3) is 0.478. The molecular weight excluding hydrogens is 306 g/mol. The molecule has 0 bridgehead atoms. The van der Waals surface area contributed by atoms with Crippen LogP contribution in [0.3, 0.4) is 0 Å². The molecule has 0 heterocycles. The minimum absolute atomic E-state index is 0.208. The van der Waals surface area contributed by atoms with Crippen LogP contribution >= 0.6 is 0 Å². The number of nitrogens with zero attached hydrogens (tertiary/aromatic N) is 1. The zero-order valence-electron chi connectivity index (χ0n) is 16.6. The van der Waals surface area contributed by atoms with Gasteiger partial charge in [-0.3, -0.25) is 4.90 Å². The topological polar surface area (TPSA) is 23.5 Å². The van der Waals surface area contributed by atoms with Crippen molar-refractivity contribution in [3.8, 4) is 5.75 Å². The van der Waals surface area contributed by atoms with Crippen molar-refractivity contribution >= 4 is 0 Å². The number of aryl methyl sites for hydroxylation is 2. The highest BCUT2D eigenvalue weighted by molar-refractivity contribution is 5.44. The second-order valence-corrected chi connectivity index (χ2v) is 7.74. The third kappa shape index (κ3) is 5.09. The number of hydrogen-bond acceptors (Lipinski definition) is 2. The molecule has 25 heavy (non-hydrogen) atoms. The van der Waals surface area contributed by atoms with Gasteiger partial charge in [0.1, 0.15) is 5.75 Å². The minimum atomic E-state index is 0.208. The van der Waals surface area contributed by atoms with Crippen molar-refractivity contribution in [1.82, 2.24) is 4.90 Å². The quantitative estimate of drug-likeness (QED) is 0.704. The molecule has 0 aliphatic carbocycles. The van der Waals surface area contributed by atoms with Crippen molar-refractivity contribution in [3.05, 3.63) is 64.7 Å². The van der Waals surface area contributed by atoms with Crippen LogP contribution in [0, 0.1) is 13.8 Å². The Balaban J connectivity index is 2.37. The van der Waals surface area contributed by atoms with E-state index in [2.05, 4.69) is 76.8 Å². The SMILES string of the molecule is Cc1cccc(C(CCN(C(C)C)C(C)C)c2cc(C)ccc2O)c1. The lowest BCUT2D eigenvalue weighted by Crippen LogP contribution is -2.38. The first-order valence-corrected chi connectivity index (χ1v) is 9.41. The largest absolute Gasteiger partial charge is 0.508 e. The Bertz CT molecular complexity index is 682. The fourth-order valence-corrected chi connectivity index (χ4v) is 3.73. The van der Waals surface area contributed by atoms with Gasteiger partial charge < -0.3 is 5.11 Å². The number of benzene rings is 2. The molecule has 2 nitrogen and oxygen atoms in total. The molecule has 1 atom stereocenters. The molecule has 0 saturated carbocycles. The molecule has 0 spiro atoms. The second kappa shape index (κ2) is 8.53. The maximum atomic E-state index is 10.5. The number of phenols is 1. The molecule has 0 amide bonds. The molecule has 1 N–H and O–H groups in total. The van der Waals surface area contributed by atoms with Crippen molar-refractivity contribution in [1.29, 1.82) is 0 Å². The Morgan fingerprint density at radius 2 is 1.52 bits per heavy atom. The molecule has 1 unspecified atom stereocenters. The second-order valence-electron chi connectivity index (χ2n) is 7.74. The molecule has 2 rings (SSSR count). The van der Waals surface area contributed by atoms with Crippen LogP contribution in [0.5, 0.6) is 5.75 Å². The summed E-state index contributed by atoms with van der Waals surface area (Å²) in [5.41, 5.74) is 4.78. The van der Waals surface area contributed by atoms with Crippen molar-refractivity contribution in [2.75, 3.05) is 6.54 Å². The van der Waals surface area contributed by atoms with Crippen molar-refractivity contribution in [3.63, 3.8) is 0 Å². The van der Waals surface area contributed by atoms with E-state index in [0.717, 1.165) is 18.5 Å². The predicted molar refractivity (Wildman–Crippen MR) is 107 cm³/mol. The third-order valence-corrected chi connectivity index (χ3v) is 5.01. The normalized spacial score (nSPS) is 13.0.